The Morgan fingerprint density at radius 2 is 1.81 bits per heavy atom. The van der Waals surface area contributed by atoms with Crippen LogP contribution in [0.4, 0.5) is 27.8 Å². The number of hydrogen-bond acceptors (Lipinski definition) is 2. The molecule has 0 aliphatic carbocycles. The molecule has 2 nitrogen and oxygen atoms in total. The first-order chi connectivity index (χ1) is 9.77. The minimum Gasteiger partial charge on any atom is -0.365 e. The van der Waals surface area contributed by atoms with E-state index in [-0.39, 0.29) is 17.4 Å². The number of hydrogen-bond donors (Lipinski definition) is 1. The maximum Gasteiger partial charge on any atom is 0.417 e. The highest BCUT2D eigenvalue weighted by Crippen LogP contribution is 2.32. The van der Waals surface area contributed by atoms with Crippen molar-refractivity contribution in [2.45, 2.75) is 12.7 Å². The first-order valence-corrected chi connectivity index (χ1v) is 6.05. The fraction of sp³-hybridized carbons (Fsp3) is 0.154. The first-order valence-electron chi connectivity index (χ1n) is 5.68. The van der Waals surface area contributed by atoms with Crippen molar-refractivity contribution < 1.29 is 22.0 Å². The molecule has 0 spiro atoms. The van der Waals surface area contributed by atoms with Gasteiger partial charge in [0, 0.05) is 12.7 Å². The zero-order valence-corrected chi connectivity index (χ0v) is 11.1. The van der Waals surface area contributed by atoms with Gasteiger partial charge in [0.1, 0.15) is 5.82 Å². The minimum atomic E-state index is -4.53. The van der Waals surface area contributed by atoms with Crippen molar-refractivity contribution in [2.75, 3.05) is 5.32 Å². The van der Waals surface area contributed by atoms with Crippen molar-refractivity contribution in [3.63, 3.8) is 0 Å². The standard InChI is InChI=1S/C13H8ClF5N2/c14-9-4-8(13(17,18)19)6-21-12(9)20-5-7-1-2-10(15)11(16)3-7/h1-4,6H,5H2,(H,20,21). The van der Waals surface area contributed by atoms with Crippen LogP contribution >= 0.6 is 11.6 Å². The molecule has 1 aromatic heterocycles. The summed E-state index contributed by atoms with van der Waals surface area (Å²) in [7, 11) is 0. The monoisotopic (exact) mass is 322 g/mol. The Morgan fingerprint density at radius 1 is 1.10 bits per heavy atom. The zero-order valence-electron chi connectivity index (χ0n) is 10.3. The summed E-state index contributed by atoms with van der Waals surface area (Å²) in [5.41, 5.74) is -0.572. The van der Waals surface area contributed by atoms with Crippen LogP contribution in [0.15, 0.2) is 30.5 Å². The van der Waals surface area contributed by atoms with E-state index in [2.05, 4.69) is 10.3 Å². The fourth-order valence-electron chi connectivity index (χ4n) is 1.56. The van der Waals surface area contributed by atoms with Crippen molar-refractivity contribution in [3.05, 3.63) is 58.2 Å². The third kappa shape index (κ3) is 3.81. The second kappa shape index (κ2) is 5.85. The number of benzene rings is 1. The van der Waals surface area contributed by atoms with Crippen LogP contribution in [0, 0.1) is 11.6 Å². The number of nitrogens with zero attached hydrogens (tertiary/aromatic N) is 1. The lowest BCUT2D eigenvalue weighted by molar-refractivity contribution is -0.137. The number of halogens is 6. The van der Waals surface area contributed by atoms with E-state index in [4.69, 9.17) is 11.6 Å². The van der Waals surface area contributed by atoms with Crippen molar-refractivity contribution in [1.82, 2.24) is 4.98 Å². The van der Waals surface area contributed by atoms with Gasteiger partial charge < -0.3 is 5.32 Å². The normalized spacial score (nSPS) is 11.5. The van der Waals surface area contributed by atoms with Crippen molar-refractivity contribution in [3.8, 4) is 0 Å². The Labute approximate surface area is 121 Å². The maximum atomic E-state index is 13.0. The van der Waals surface area contributed by atoms with E-state index in [1.807, 2.05) is 0 Å². The molecule has 1 aromatic carbocycles. The van der Waals surface area contributed by atoms with Crippen molar-refractivity contribution >= 4 is 17.4 Å². The molecule has 0 amide bonds. The van der Waals surface area contributed by atoms with Crippen LogP contribution in [0.1, 0.15) is 11.1 Å². The van der Waals surface area contributed by atoms with Crippen LogP contribution in [0.5, 0.6) is 0 Å². The summed E-state index contributed by atoms with van der Waals surface area (Å²) in [5.74, 6) is -1.97. The first kappa shape index (κ1) is 15.5. The second-order valence-electron chi connectivity index (χ2n) is 4.15. The summed E-state index contributed by atoms with van der Waals surface area (Å²) in [4.78, 5) is 3.57. The molecule has 0 aliphatic rings. The Kier molecular flexibility index (Phi) is 4.32. The molecule has 1 heterocycles. The number of aromatic nitrogens is 1. The van der Waals surface area contributed by atoms with Crippen LogP contribution in [0.2, 0.25) is 5.02 Å². The highest BCUT2D eigenvalue weighted by molar-refractivity contribution is 6.32. The molecule has 0 unspecified atom stereocenters. The van der Waals surface area contributed by atoms with Crippen LogP contribution in [0.25, 0.3) is 0 Å². The van der Waals surface area contributed by atoms with Gasteiger partial charge in [-0.1, -0.05) is 17.7 Å². The Morgan fingerprint density at radius 3 is 2.38 bits per heavy atom. The van der Waals surface area contributed by atoms with Gasteiger partial charge >= 0.3 is 6.18 Å². The van der Waals surface area contributed by atoms with E-state index in [0.29, 0.717) is 11.8 Å². The summed E-state index contributed by atoms with van der Waals surface area (Å²) in [6.45, 7) is 0.0370. The topological polar surface area (TPSA) is 24.9 Å². The number of nitrogens with one attached hydrogen (secondary N) is 1. The van der Waals surface area contributed by atoms with Crippen LogP contribution < -0.4 is 5.32 Å². The lowest BCUT2D eigenvalue weighted by Crippen LogP contribution is -2.08. The molecule has 0 atom stereocenters. The fourth-order valence-corrected chi connectivity index (χ4v) is 1.79. The molecule has 0 bridgehead atoms. The highest BCUT2D eigenvalue weighted by Gasteiger charge is 2.31. The van der Waals surface area contributed by atoms with E-state index < -0.39 is 23.4 Å². The smallest absolute Gasteiger partial charge is 0.365 e. The lowest BCUT2D eigenvalue weighted by Gasteiger charge is -2.11. The van der Waals surface area contributed by atoms with Crippen LogP contribution in [-0.4, -0.2) is 4.98 Å². The summed E-state index contributed by atoms with van der Waals surface area (Å²) in [6.07, 6.45) is -3.89. The number of pyridine rings is 1. The average Bonchev–Trinajstić information content (AvgIpc) is 2.40. The molecule has 0 radical (unpaired) electrons. The quantitative estimate of drug-likeness (QED) is 0.832. The molecule has 0 saturated heterocycles. The average molecular weight is 323 g/mol. The summed E-state index contributed by atoms with van der Waals surface area (Å²) in [6, 6.07) is 4.00. The van der Waals surface area contributed by atoms with E-state index in [1.165, 1.54) is 6.07 Å². The third-order valence-electron chi connectivity index (χ3n) is 2.61. The van der Waals surface area contributed by atoms with E-state index in [0.717, 1.165) is 18.2 Å². The number of alkyl halides is 3. The summed E-state index contributed by atoms with van der Waals surface area (Å²) < 4.78 is 63.1. The molecule has 0 fully saturated rings. The molecule has 2 rings (SSSR count). The molecular weight excluding hydrogens is 315 g/mol. The molecule has 1 N–H and O–H groups in total. The Balaban J connectivity index is 2.11. The predicted molar refractivity (Wildman–Crippen MR) is 67.9 cm³/mol. The molecule has 21 heavy (non-hydrogen) atoms. The van der Waals surface area contributed by atoms with Gasteiger partial charge in [0.25, 0.3) is 0 Å². The van der Waals surface area contributed by atoms with E-state index >= 15 is 0 Å². The van der Waals surface area contributed by atoms with Gasteiger partial charge in [0.2, 0.25) is 0 Å². The lowest BCUT2D eigenvalue weighted by atomic mass is 10.2. The van der Waals surface area contributed by atoms with Crippen molar-refractivity contribution in [2.24, 2.45) is 0 Å². The SMILES string of the molecule is Fc1ccc(CNc2ncc(C(F)(F)F)cc2Cl)cc1F. The predicted octanol–water partition coefficient (Wildman–Crippen LogP) is 4.64. The zero-order chi connectivity index (χ0) is 15.6. The molecule has 0 saturated carbocycles. The summed E-state index contributed by atoms with van der Waals surface area (Å²) >= 11 is 5.70. The highest BCUT2D eigenvalue weighted by atomic mass is 35.5. The largest absolute Gasteiger partial charge is 0.417 e. The van der Waals surface area contributed by atoms with Gasteiger partial charge in [0.05, 0.1) is 10.6 Å². The maximum absolute atomic E-state index is 13.0. The van der Waals surface area contributed by atoms with Gasteiger partial charge in [-0.05, 0) is 23.8 Å². The van der Waals surface area contributed by atoms with Crippen LogP contribution in [0.3, 0.4) is 0 Å². The minimum absolute atomic E-state index is 0.0226. The van der Waals surface area contributed by atoms with Gasteiger partial charge in [0.15, 0.2) is 11.6 Å². The van der Waals surface area contributed by atoms with Gasteiger partial charge in [-0.25, -0.2) is 13.8 Å². The van der Waals surface area contributed by atoms with Gasteiger partial charge in [-0.2, -0.15) is 13.2 Å². The molecule has 2 aromatic rings. The number of anilines is 1. The van der Waals surface area contributed by atoms with Gasteiger partial charge in [-0.3, -0.25) is 0 Å². The molecule has 112 valence electrons. The molecule has 8 heteroatoms. The third-order valence-corrected chi connectivity index (χ3v) is 2.90. The Hall–Kier alpha value is -1.89. The Bertz CT molecular complexity index is 657. The molecular formula is C13H8ClF5N2. The van der Waals surface area contributed by atoms with Gasteiger partial charge in [-0.15, -0.1) is 0 Å². The molecule has 0 aliphatic heterocycles. The van der Waals surface area contributed by atoms with E-state index in [1.54, 1.807) is 0 Å². The second-order valence-corrected chi connectivity index (χ2v) is 4.56. The van der Waals surface area contributed by atoms with E-state index in [9.17, 15) is 22.0 Å². The van der Waals surface area contributed by atoms with Crippen LogP contribution in [-0.2, 0) is 12.7 Å². The van der Waals surface area contributed by atoms with Crippen molar-refractivity contribution in [1.29, 1.82) is 0 Å². The number of rotatable bonds is 3. The summed E-state index contributed by atoms with van der Waals surface area (Å²) in [5, 5.41) is 2.44.